The molecule has 9 nitrogen and oxygen atoms in total. The van der Waals surface area contributed by atoms with Gasteiger partial charge in [0.1, 0.15) is 6.04 Å². The SMILES string of the molecule is CNCCOC1CCC(CN2CCC(c3ccc4c(c3)n(C)c(=O)n4C3CCC(=O)NC3=O)CC2)CC1. The molecule has 5 rings (SSSR count). The number of hydrogen-bond donors (Lipinski definition) is 2. The Bertz CT molecular complexity index is 1170. The standard InChI is InChI=1S/C28H41N5O4/c1-29-13-16-37-22-6-3-19(4-7-22)18-32-14-11-20(12-15-32)21-5-8-23-25(17-21)31(2)28(36)33(23)24-9-10-26(34)30-27(24)35/h5,8,17,19-20,22,24,29H,3-4,6-7,9-16,18H2,1-2H3,(H,30,34,35). The fraction of sp³-hybridized carbons (Fsp3) is 0.679. The molecule has 3 aliphatic rings. The number of ether oxygens (including phenoxy) is 1. The number of piperidine rings is 2. The number of nitrogens with zero attached hydrogens (tertiary/aromatic N) is 3. The molecular formula is C28H41N5O4. The molecule has 1 atom stereocenters. The van der Waals surface area contributed by atoms with Crippen molar-refractivity contribution < 1.29 is 14.3 Å². The van der Waals surface area contributed by atoms with Crippen molar-refractivity contribution in [2.75, 3.05) is 39.8 Å². The van der Waals surface area contributed by atoms with Gasteiger partial charge in [0.15, 0.2) is 0 Å². The number of aryl methyl sites for hydroxylation is 1. The Labute approximate surface area is 218 Å². The first kappa shape index (κ1) is 26.1. The summed E-state index contributed by atoms with van der Waals surface area (Å²) in [7, 11) is 3.73. The zero-order valence-electron chi connectivity index (χ0n) is 22.2. The van der Waals surface area contributed by atoms with Crippen LogP contribution in [-0.2, 0) is 21.4 Å². The smallest absolute Gasteiger partial charge is 0.329 e. The van der Waals surface area contributed by atoms with Gasteiger partial charge >= 0.3 is 5.69 Å². The van der Waals surface area contributed by atoms with E-state index in [0.29, 0.717) is 18.4 Å². The summed E-state index contributed by atoms with van der Waals surface area (Å²) in [5.41, 5.74) is 2.66. The van der Waals surface area contributed by atoms with E-state index >= 15 is 0 Å². The molecule has 9 heteroatoms. The maximum atomic E-state index is 13.1. The number of benzene rings is 1. The molecule has 2 N–H and O–H groups in total. The van der Waals surface area contributed by atoms with Gasteiger partial charge in [-0.1, -0.05) is 6.07 Å². The summed E-state index contributed by atoms with van der Waals surface area (Å²) in [5.74, 6) is 0.590. The van der Waals surface area contributed by atoms with E-state index < -0.39 is 11.9 Å². The molecule has 0 bridgehead atoms. The zero-order chi connectivity index (χ0) is 25.9. The van der Waals surface area contributed by atoms with E-state index in [1.807, 2.05) is 13.1 Å². The van der Waals surface area contributed by atoms with E-state index in [1.54, 1.807) is 16.2 Å². The summed E-state index contributed by atoms with van der Waals surface area (Å²) in [5, 5.41) is 5.52. The lowest BCUT2D eigenvalue weighted by Crippen LogP contribution is -2.44. The average Bonchev–Trinajstić information content (AvgIpc) is 3.15. The number of carbonyl (C=O) groups is 2. The number of rotatable bonds is 8. The Balaban J connectivity index is 1.18. The van der Waals surface area contributed by atoms with Crippen molar-refractivity contribution >= 4 is 22.8 Å². The highest BCUT2D eigenvalue weighted by molar-refractivity contribution is 6.00. The second-order valence-electron chi connectivity index (χ2n) is 11.1. The number of imide groups is 1. The van der Waals surface area contributed by atoms with Crippen LogP contribution in [0, 0.1) is 5.92 Å². The number of amides is 2. The van der Waals surface area contributed by atoms with E-state index in [1.165, 1.54) is 37.8 Å². The minimum Gasteiger partial charge on any atom is -0.377 e. The molecule has 1 aliphatic carbocycles. The molecular weight excluding hydrogens is 470 g/mol. The topological polar surface area (TPSA) is 97.6 Å². The monoisotopic (exact) mass is 511 g/mol. The molecule has 202 valence electrons. The van der Waals surface area contributed by atoms with Crippen molar-refractivity contribution in [3.05, 3.63) is 34.2 Å². The molecule has 0 spiro atoms. The van der Waals surface area contributed by atoms with Crippen molar-refractivity contribution in [1.82, 2.24) is 24.7 Å². The van der Waals surface area contributed by atoms with Crippen LogP contribution in [0.2, 0.25) is 0 Å². The van der Waals surface area contributed by atoms with Gasteiger partial charge in [0.25, 0.3) is 0 Å². The van der Waals surface area contributed by atoms with Crippen molar-refractivity contribution in [2.45, 2.75) is 69.4 Å². The van der Waals surface area contributed by atoms with Crippen LogP contribution < -0.4 is 16.3 Å². The van der Waals surface area contributed by atoms with Gasteiger partial charge in [0.2, 0.25) is 11.8 Å². The van der Waals surface area contributed by atoms with E-state index in [0.717, 1.165) is 56.0 Å². The maximum Gasteiger partial charge on any atom is 0.329 e. The van der Waals surface area contributed by atoms with Crippen LogP contribution in [0.4, 0.5) is 0 Å². The molecule has 3 fully saturated rings. The third-order valence-electron chi connectivity index (χ3n) is 8.71. The number of likely N-dealkylation sites (tertiary alicyclic amines) is 1. The summed E-state index contributed by atoms with van der Waals surface area (Å²) < 4.78 is 9.18. The van der Waals surface area contributed by atoms with Gasteiger partial charge in [0.05, 0.1) is 23.7 Å². The summed E-state index contributed by atoms with van der Waals surface area (Å²) in [6, 6.07) is 5.60. The molecule has 3 heterocycles. The molecule has 1 aromatic carbocycles. The predicted octanol–water partition coefficient (Wildman–Crippen LogP) is 2.29. The minimum absolute atomic E-state index is 0.210. The van der Waals surface area contributed by atoms with E-state index in [4.69, 9.17) is 4.74 Å². The third kappa shape index (κ3) is 5.68. The summed E-state index contributed by atoms with van der Waals surface area (Å²) in [6.07, 6.45) is 8.18. The quantitative estimate of drug-likeness (QED) is 0.417. The van der Waals surface area contributed by atoms with Crippen LogP contribution in [-0.4, -0.2) is 71.8 Å². The Morgan fingerprint density at radius 1 is 1.00 bits per heavy atom. The van der Waals surface area contributed by atoms with Gasteiger partial charge in [-0.3, -0.25) is 24.0 Å². The van der Waals surface area contributed by atoms with Gasteiger partial charge in [-0.2, -0.15) is 0 Å². The van der Waals surface area contributed by atoms with E-state index in [2.05, 4.69) is 27.7 Å². The highest BCUT2D eigenvalue weighted by atomic mass is 16.5. The zero-order valence-corrected chi connectivity index (χ0v) is 22.2. The van der Waals surface area contributed by atoms with Gasteiger partial charge in [0, 0.05) is 26.6 Å². The largest absolute Gasteiger partial charge is 0.377 e. The normalized spacial score (nSPS) is 26.1. The van der Waals surface area contributed by atoms with Crippen molar-refractivity contribution in [1.29, 1.82) is 0 Å². The molecule has 2 aromatic rings. The number of carbonyl (C=O) groups excluding carboxylic acids is 2. The maximum absolute atomic E-state index is 13.1. The van der Waals surface area contributed by atoms with Crippen molar-refractivity contribution in [2.24, 2.45) is 13.0 Å². The molecule has 2 amide bonds. The third-order valence-corrected chi connectivity index (χ3v) is 8.71. The fourth-order valence-corrected chi connectivity index (χ4v) is 6.49. The van der Waals surface area contributed by atoms with E-state index in [9.17, 15) is 14.4 Å². The van der Waals surface area contributed by atoms with Gasteiger partial charge in [-0.25, -0.2) is 4.79 Å². The Morgan fingerprint density at radius 2 is 1.76 bits per heavy atom. The molecule has 2 aliphatic heterocycles. The molecule has 0 radical (unpaired) electrons. The van der Waals surface area contributed by atoms with E-state index in [-0.39, 0.29) is 18.0 Å². The summed E-state index contributed by atoms with van der Waals surface area (Å²) in [6.45, 7) is 5.14. The van der Waals surface area contributed by atoms with Crippen LogP contribution in [0.3, 0.4) is 0 Å². The predicted molar refractivity (Wildman–Crippen MR) is 143 cm³/mol. The number of imidazole rings is 1. The lowest BCUT2D eigenvalue weighted by atomic mass is 9.85. The highest BCUT2D eigenvalue weighted by Gasteiger charge is 2.32. The van der Waals surface area contributed by atoms with Crippen LogP contribution in [0.25, 0.3) is 11.0 Å². The molecule has 1 unspecified atom stereocenters. The first-order chi connectivity index (χ1) is 17.9. The number of fused-ring (bicyclic) bond motifs is 1. The Kier molecular flexibility index (Phi) is 8.12. The second-order valence-corrected chi connectivity index (χ2v) is 11.1. The first-order valence-corrected chi connectivity index (χ1v) is 14.0. The summed E-state index contributed by atoms with van der Waals surface area (Å²) in [4.78, 5) is 39.7. The van der Waals surface area contributed by atoms with Gasteiger partial charge in [-0.05, 0) is 94.6 Å². The van der Waals surface area contributed by atoms with Crippen molar-refractivity contribution in [3.8, 4) is 0 Å². The van der Waals surface area contributed by atoms with Gasteiger partial charge in [-0.15, -0.1) is 0 Å². The average molecular weight is 512 g/mol. The van der Waals surface area contributed by atoms with Gasteiger partial charge < -0.3 is 15.0 Å². The number of nitrogens with one attached hydrogen (secondary N) is 2. The lowest BCUT2D eigenvalue weighted by Gasteiger charge is -2.36. The van der Waals surface area contributed by atoms with Crippen LogP contribution in [0.1, 0.15) is 68.9 Å². The highest BCUT2D eigenvalue weighted by Crippen LogP contribution is 2.33. The summed E-state index contributed by atoms with van der Waals surface area (Å²) >= 11 is 0. The van der Waals surface area contributed by atoms with Crippen molar-refractivity contribution in [3.63, 3.8) is 0 Å². The molecule has 1 aromatic heterocycles. The second kappa shape index (κ2) is 11.5. The first-order valence-electron chi connectivity index (χ1n) is 14.0. The Morgan fingerprint density at radius 3 is 2.46 bits per heavy atom. The van der Waals surface area contributed by atoms with Crippen LogP contribution >= 0.6 is 0 Å². The molecule has 37 heavy (non-hydrogen) atoms. The number of aromatic nitrogens is 2. The fourth-order valence-electron chi connectivity index (χ4n) is 6.49. The van der Waals surface area contributed by atoms with Crippen LogP contribution in [0.5, 0.6) is 0 Å². The molecule has 2 saturated heterocycles. The molecule has 1 saturated carbocycles. The minimum atomic E-state index is -0.641. The lowest BCUT2D eigenvalue weighted by molar-refractivity contribution is -0.135. The van der Waals surface area contributed by atoms with Crippen LogP contribution in [0.15, 0.2) is 23.0 Å². The number of hydrogen-bond acceptors (Lipinski definition) is 6. The number of likely N-dealkylation sites (N-methyl/N-ethyl adjacent to an activating group) is 1. The Hall–Kier alpha value is -2.49.